The molecule has 4 heteroatoms. The van der Waals surface area contributed by atoms with Crippen molar-refractivity contribution in [2.75, 3.05) is 19.0 Å². The van der Waals surface area contributed by atoms with Gasteiger partial charge in [0.25, 0.3) is 0 Å². The third kappa shape index (κ3) is 4.00. The summed E-state index contributed by atoms with van der Waals surface area (Å²) in [5.41, 5.74) is 5.40. The van der Waals surface area contributed by atoms with Gasteiger partial charge in [0, 0.05) is 30.1 Å². The Labute approximate surface area is 83.9 Å². The predicted molar refractivity (Wildman–Crippen MR) is 57.4 cm³/mol. The van der Waals surface area contributed by atoms with Crippen LogP contribution in [0.5, 0.6) is 0 Å². The Bertz CT molecular complexity index is 169. The Balaban J connectivity index is 2.13. The first-order chi connectivity index (χ1) is 6.20. The largest absolute Gasteiger partial charge is 0.387 e. The first kappa shape index (κ1) is 10.9. The molecule has 1 unspecified atom stereocenters. The van der Waals surface area contributed by atoms with Gasteiger partial charge in [-0.05, 0) is 12.8 Å². The van der Waals surface area contributed by atoms with Crippen LogP contribution in [0.25, 0.3) is 0 Å². The van der Waals surface area contributed by atoms with Gasteiger partial charge in [-0.15, -0.1) is 0 Å². The van der Waals surface area contributed by atoms with E-state index in [4.69, 9.17) is 15.9 Å². The van der Waals surface area contributed by atoms with Crippen molar-refractivity contribution in [3.8, 4) is 0 Å². The lowest BCUT2D eigenvalue weighted by Crippen LogP contribution is -2.24. The van der Waals surface area contributed by atoms with Gasteiger partial charge >= 0.3 is 0 Å². The fourth-order valence-electron chi connectivity index (χ4n) is 1.21. The van der Waals surface area contributed by atoms with E-state index in [0.29, 0.717) is 5.84 Å². The van der Waals surface area contributed by atoms with Crippen molar-refractivity contribution in [1.82, 2.24) is 0 Å². The van der Waals surface area contributed by atoms with Gasteiger partial charge in [-0.25, -0.2) is 0 Å². The Hall–Kier alpha value is -0.220. The van der Waals surface area contributed by atoms with Crippen LogP contribution in [-0.4, -0.2) is 30.1 Å². The second-order valence-corrected chi connectivity index (χ2v) is 4.83. The fourth-order valence-corrected chi connectivity index (χ4v) is 2.48. The summed E-state index contributed by atoms with van der Waals surface area (Å²) in [5.74, 6) is 1.49. The molecule has 0 amide bonds. The number of amidine groups is 1. The third-order valence-electron chi connectivity index (χ3n) is 2.28. The summed E-state index contributed by atoms with van der Waals surface area (Å²) in [7, 11) is 0. The molecule has 76 valence electrons. The quantitative estimate of drug-likeness (QED) is 0.536. The van der Waals surface area contributed by atoms with E-state index >= 15 is 0 Å². The molecule has 0 spiro atoms. The van der Waals surface area contributed by atoms with Crippen LogP contribution < -0.4 is 5.73 Å². The summed E-state index contributed by atoms with van der Waals surface area (Å²) in [5, 5.41) is 7.98. The molecule has 0 aliphatic carbocycles. The van der Waals surface area contributed by atoms with Gasteiger partial charge in [0.15, 0.2) is 0 Å². The molecule has 1 aliphatic rings. The van der Waals surface area contributed by atoms with E-state index in [-0.39, 0.29) is 5.92 Å². The molecule has 1 rings (SSSR count). The zero-order valence-corrected chi connectivity index (χ0v) is 8.90. The van der Waals surface area contributed by atoms with Crippen molar-refractivity contribution in [1.29, 1.82) is 5.41 Å². The predicted octanol–water partition coefficient (Wildman–Crippen LogP) is 1.47. The molecule has 3 nitrogen and oxygen atoms in total. The van der Waals surface area contributed by atoms with Gasteiger partial charge in [-0.2, -0.15) is 11.8 Å². The van der Waals surface area contributed by atoms with Gasteiger partial charge < -0.3 is 10.5 Å². The fraction of sp³-hybridized carbons (Fsp3) is 0.889. The zero-order valence-electron chi connectivity index (χ0n) is 8.08. The smallest absolute Gasteiger partial charge is 0.0942 e. The third-order valence-corrected chi connectivity index (χ3v) is 3.92. The summed E-state index contributed by atoms with van der Waals surface area (Å²) < 4.78 is 5.27. The number of thioether (sulfide) groups is 1. The van der Waals surface area contributed by atoms with Crippen LogP contribution in [-0.2, 0) is 4.74 Å². The second-order valence-electron chi connectivity index (χ2n) is 3.50. The van der Waals surface area contributed by atoms with E-state index in [1.54, 1.807) is 0 Å². The molecule has 0 aromatic rings. The highest BCUT2D eigenvalue weighted by molar-refractivity contribution is 7.99. The Morgan fingerprint density at radius 2 is 2.23 bits per heavy atom. The zero-order chi connectivity index (χ0) is 9.68. The van der Waals surface area contributed by atoms with Crippen LogP contribution in [0.4, 0.5) is 0 Å². The molecule has 1 saturated heterocycles. The summed E-state index contributed by atoms with van der Waals surface area (Å²) >= 11 is 1.93. The number of ether oxygens (including phenoxy) is 1. The van der Waals surface area contributed by atoms with Crippen molar-refractivity contribution in [3.05, 3.63) is 0 Å². The van der Waals surface area contributed by atoms with E-state index in [1.165, 1.54) is 0 Å². The van der Waals surface area contributed by atoms with Crippen molar-refractivity contribution in [3.63, 3.8) is 0 Å². The molecular weight excluding hydrogens is 184 g/mol. The summed E-state index contributed by atoms with van der Waals surface area (Å²) in [4.78, 5) is 0. The van der Waals surface area contributed by atoms with Crippen LogP contribution in [0.15, 0.2) is 0 Å². The maximum absolute atomic E-state index is 7.26. The minimum atomic E-state index is 0.216. The van der Waals surface area contributed by atoms with Crippen molar-refractivity contribution in [2.24, 2.45) is 11.7 Å². The van der Waals surface area contributed by atoms with Crippen molar-refractivity contribution >= 4 is 17.6 Å². The highest BCUT2D eigenvalue weighted by Gasteiger charge is 2.15. The number of nitrogens with one attached hydrogen (secondary N) is 1. The molecule has 0 saturated carbocycles. The number of nitrogens with two attached hydrogens (primary N) is 1. The summed E-state index contributed by atoms with van der Waals surface area (Å²) in [6.07, 6.45) is 2.30. The minimum Gasteiger partial charge on any atom is -0.387 e. The lowest BCUT2D eigenvalue weighted by molar-refractivity contribution is 0.1000. The molecule has 1 heterocycles. The lowest BCUT2D eigenvalue weighted by atomic mass is 10.2. The van der Waals surface area contributed by atoms with Gasteiger partial charge in [0.1, 0.15) is 0 Å². The van der Waals surface area contributed by atoms with Gasteiger partial charge in [-0.1, -0.05) is 6.92 Å². The standard InChI is InChI=1S/C9H18N2OS/c1-7(9(10)11)6-13-8-2-4-12-5-3-8/h7-8H,2-6H2,1H3,(H3,10,11). The van der Waals surface area contributed by atoms with Crippen LogP contribution >= 0.6 is 11.8 Å². The Morgan fingerprint density at radius 1 is 1.62 bits per heavy atom. The monoisotopic (exact) mass is 202 g/mol. The first-order valence-electron chi connectivity index (χ1n) is 4.73. The van der Waals surface area contributed by atoms with Crippen LogP contribution in [0.1, 0.15) is 19.8 Å². The molecular formula is C9H18N2OS. The molecule has 3 N–H and O–H groups in total. The second kappa shape index (κ2) is 5.50. The molecule has 0 bridgehead atoms. The van der Waals surface area contributed by atoms with Crippen LogP contribution in [0.2, 0.25) is 0 Å². The maximum atomic E-state index is 7.26. The van der Waals surface area contributed by atoms with E-state index in [9.17, 15) is 0 Å². The normalized spacial score (nSPS) is 21.3. The van der Waals surface area contributed by atoms with Crippen molar-refractivity contribution < 1.29 is 4.74 Å². The molecule has 0 aromatic carbocycles. The van der Waals surface area contributed by atoms with Gasteiger partial charge in [0.2, 0.25) is 0 Å². The van der Waals surface area contributed by atoms with Gasteiger partial charge in [0.05, 0.1) is 5.84 Å². The van der Waals surface area contributed by atoms with E-state index in [2.05, 4.69) is 0 Å². The average molecular weight is 202 g/mol. The van der Waals surface area contributed by atoms with Gasteiger partial charge in [-0.3, -0.25) is 5.41 Å². The lowest BCUT2D eigenvalue weighted by Gasteiger charge is -2.22. The topological polar surface area (TPSA) is 59.1 Å². The van der Waals surface area contributed by atoms with Crippen LogP contribution in [0.3, 0.4) is 0 Å². The first-order valence-corrected chi connectivity index (χ1v) is 5.78. The van der Waals surface area contributed by atoms with E-state index < -0.39 is 0 Å². The molecule has 13 heavy (non-hydrogen) atoms. The highest BCUT2D eigenvalue weighted by Crippen LogP contribution is 2.23. The highest BCUT2D eigenvalue weighted by atomic mass is 32.2. The molecule has 1 atom stereocenters. The summed E-state index contributed by atoms with van der Waals surface area (Å²) in [6, 6.07) is 0. The van der Waals surface area contributed by atoms with Crippen molar-refractivity contribution in [2.45, 2.75) is 25.0 Å². The molecule has 1 fully saturated rings. The number of hydrogen-bond acceptors (Lipinski definition) is 3. The maximum Gasteiger partial charge on any atom is 0.0942 e. The summed E-state index contributed by atoms with van der Waals surface area (Å²) in [6.45, 7) is 3.80. The van der Waals surface area contributed by atoms with E-state index in [1.807, 2.05) is 18.7 Å². The molecule has 0 aromatic heterocycles. The molecule has 0 radical (unpaired) electrons. The number of hydrogen-bond donors (Lipinski definition) is 2. The SMILES string of the molecule is CC(CSC1CCOCC1)C(=N)N. The minimum absolute atomic E-state index is 0.216. The number of rotatable bonds is 4. The van der Waals surface area contributed by atoms with E-state index in [0.717, 1.165) is 37.1 Å². The molecule has 1 aliphatic heterocycles. The van der Waals surface area contributed by atoms with Crippen LogP contribution in [0, 0.1) is 11.3 Å². The Kier molecular flexibility index (Phi) is 4.59. The Morgan fingerprint density at radius 3 is 2.77 bits per heavy atom. The average Bonchev–Trinajstić information content (AvgIpc) is 2.15.